The monoisotopic (exact) mass is 510 g/mol. The summed E-state index contributed by atoms with van der Waals surface area (Å²) < 4.78 is 13.4. The fourth-order valence-corrected chi connectivity index (χ4v) is 16.9. The third-order valence-corrected chi connectivity index (χ3v) is 14.9. The number of anilines is 1. The number of nitrogens with one attached hydrogen (secondary N) is 1. The zero-order valence-electron chi connectivity index (χ0n) is 21.8. The quantitative estimate of drug-likeness (QED) is 0.312. The summed E-state index contributed by atoms with van der Waals surface area (Å²) >= 11 is 0. The summed E-state index contributed by atoms with van der Waals surface area (Å²) in [6, 6.07) is 16.6. The Morgan fingerprint density at radius 1 is 0.882 bits per heavy atom. The number of para-hydroxylation sites is 1. The van der Waals surface area contributed by atoms with E-state index in [1.807, 2.05) is 49.4 Å². The van der Waals surface area contributed by atoms with Crippen LogP contribution in [-0.4, -0.2) is 36.1 Å². The minimum Gasteiger partial charge on any atom is -0.437 e. The maximum Gasteiger partial charge on any atom is 0.314 e. The van der Waals surface area contributed by atoms with E-state index in [9.17, 15) is 4.79 Å². The molecule has 0 atom stereocenters. The van der Waals surface area contributed by atoms with Gasteiger partial charge in [-0.2, -0.15) is 0 Å². The van der Waals surface area contributed by atoms with E-state index in [2.05, 4.69) is 62.2 Å². The number of amides is 1. The lowest BCUT2D eigenvalue weighted by atomic mass is 9.99. The van der Waals surface area contributed by atoms with Crippen LogP contribution in [0, 0.1) is 6.92 Å². The number of aromatic nitrogens is 1. The standard InChI is InChI=1S/C26H38N2O3Si3/c1-20-12-9-13-21(17-19-34(8,30-32(2,3)4)31-33(5,6)7)24(20)26(29)28-23-16-10-14-22-15-11-18-27-25(22)23/h9-16,18H,17,19H2,1-8H3,(H,28,29). The van der Waals surface area contributed by atoms with Gasteiger partial charge in [-0.05, 0) is 88.5 Å². The van der Waals surface area contributed by atoms with Crippen LogP contribution >= 0.6 is 0 Å². The molecular weight excluding hydrogens is 473 g/mol. The van der Waals surface area contributed by atoms with Crippen LogP contribution in [0.1, 0.15) is 21.5 Å². The summed E-state index contributed by atoms with van der Waals surface area (Å²) in [6.45, 7) is 17.5. The zero-order valence-corrected chi connectivity index (χ0v) is 24.8. The number of hydrogen-bond acceptors (Lipinski definition) is 4. The molecule has 2 aromatic carbocycles. The molecule has 0 aliphatic heterocycles. The number of pyridine rings is 1. The summed E-state index contributed by atoms with van der Waals surface area (Å²) in [5, 5.41) is 4.12. The molecule has 1 amide bonds. The Balaban J connectivity index is 1.88. The Labute approximate surface area is 207 Å². The van der Waals surface area contributed by atoms with Crippen LogP contribution in [-0.2, 0) is 14.7 Å². The number of hydrogen-bond donors (Lipinski definition) is 1. The number of carbonyl (C=O) groups excluding carboxylic acids is 1. The van der Waals surface area contributed by atoms with Crippen molar-refractivity contribution in [3.05, 3.63) is 71.4 Å². The van der Waals surface area contributed by atoms with Crippen molar-refractivity contribution in [1.82, 2.24) is 4.98 Å². The molecule has 0 aliphatic carbocycles. The number of benzene rings is 2. The Morgan fingerprint density at radius 2 is 1.50 bits per heavy atom. The molecule has 34 heavy (non-hydrogen) atoms. The van der Waals surface area contributed by atoms with E-state index >= 15 is 0 Å². The Kier molecular flexibility index (Phi) is 7.99. The van der Waals surface area contributed by atoms with Gasteiger partial charge < -0.3 is 13.5 Å². The summed E-state index contributed by atoms with van der Waals surface area (Å²) in [6.07, 6.45) is 2.50. The molecule has 8 heteroatoms. The number of rotatable bonds is 9. The van der Waals surface area contributed by atoms with Gasteiger partial charge in [0, 0.05) is 17.1 Å². The molecule has 0 unspecified atom stereocenters. The lowest BCUT2D eigenvalue weighted by Crippen LogP contribution is -2.52. The topological polar surface area (TPSA) is 60.5 Å². The molecule has 1 heterocycles. The van der Waals surface area contributed by atoms with Crippen LogP contribution in [0.25, 0.3) is 10.9 Å². The number of fused-ring (bicyclic) bond motifs is 1. The maximum absolute atomic E-state index is 13.5. The molecule has 0 spiro atoms. The van der Waals surface area contributed by atoms with Crippen molar-refractivity contribution in [1.29, 1.82) is 0 Å². The maximum atomic E-state index is 13.5. The molecule has 0 bridgehead atoms. The van der Waals surface area contributed by atoms with Crippen molar-refractivity contribution in [3.63, 3.8) is 0 Å². The lowest BCUT2D eigenvalue weighted by Gasteiger charge is -2.38. The van der Waals surface area contributed by atoms with E-state index in [0.717, 1.165) is 45.7 Å². The van der Waals surface area contributed by atoms with Crippen LogP contribution in [0.15, 0.2) is 54.7 Å². The molecule has 0 aliphatic rings. The predicted molar refractivity (Wildman–Crippen MR) is 150 cm³/mol. The Hall–Kier alpha value is -2.11. The molecule has 1 aromatic heterocycles. The first-order valence-corrected chi connectivity index (χ1v) is 21.2. The predicted octanol–water partition coefficient (Wildman–Crippen LogP) is 7.11. The SMILES string of the molecule is Cc1cccc(CC[Si](C)(O[Si](C)(C)C)O[Si](C)(C)C)c1C(=O)Nc1cccc2cccnc12. The smallest absolute Gasteiger partial charge is 0.314 e. The molecule has 182 valence electrons. The van der Waals surface area contributed by atoms with Crippen molar-refractivity contribution in [2.45, 2.75) is 65.2 Å². The Bertz CT molecular complexity index is 1150. The van der Waals surface area contributed by atoms with E-state index in [-0.39, 0.29) is 5.91 Å². The van der Waals surface area contributed by atoms with Gasteiger partial charge in [0.15, 0.2) is 16.6 Å². The minimum absolute atomic E-state index is 0.105. The molecule has 5 nitrogen and oxygen atoms in total. The van der Waals surface area contributed by atoms with Gasteiger partial charge in [0.05, 0.1) is 11.2 Å². The second kappa shape index (κ2) is 10.2. The van der Waals surface area contributed by atoms with E-state index in [1.54, 1.807) is 6.20 Å². The normalized spacial score (nSPS) is 12.7. The van der Waals surface area contributed by atoms with Crippen molar-refractivity contribution in [2.75, 3.05) is 5.32 Å². The number of aryl methyl sites for hydroxylation is 2. The molecule has 3 aromatic rings. The summed E-state index contributed by atoms with van der Waals surface area (Å²) in [5.74, 6) is -0.105. The van der Waals surface area contributed by atoms with Gasteiger partial charge in [-0.1, -0.05) is 36.4 Å². The molecule has 1 N–H and O–H groups in total. The van der Waals surface area contributed by atoms with Gasteiger partial charge in [0.1, 0.15) is 0 Å². The average Bonchev–Trinajstić information content (AvgIpc) is 2.70. The second-order valence-corrected chi connectivity index (χ2v) is 23.9. The van der Waals surface area contributed by atoms with Gasteiger partial charge in [0.2, 0.25) is 0 Å². The second-order valence-electron chi connectivity index (χ2n) is 11.0. The highest BCUT2D eigenvalue weighted by Crippen LogP contribution is 2.28. The van der Waals surface area contributed by atoms with Crippen LogP contribution in [0.5, 0.6) is 0 Å². The molecule has 0 radical (unpaired) electrons. The highest BCUT2D eigenvalue weighted by atomic mass is 28.5. The van der Waals surface area contributed by atoms with Crippen LogP contribution in [0.2, 0.25) is 51.9 Å². The first kappa shape index (κ1) is 26.5. The average molecular weight is 511 g/mol. The summed E-state index contributed by atoms with van der Waals surface area (Å²) in [5.41, 5.74) is 4.24. The van der Waals surface area contributed by atoms with E-state index in [0.29, 0.717) is 0 Å². The third-order valence-electron chi connectivity index (χ3n) is 5.36. The lowest BCUT2D eigenvalue weighted by molar-refractivity contribution is 0.102. The first-order valence-electron chi connectivity index (χ1n) is 11.9. The summed E-state index contributed by atoms with van der Waals surface area (Å²) in [4.78, 5) is 18.0. The minimum atomic E-state index is -2.41. The fourth-order valence-electron chi connectivity index (χ4n) is 4.43. The van der Waals surface area contributed by atoms with E-state index in [1.165, 1.54) is 0 Å². The van der Waals surface area contributed by atoms with Gasteiger partial charge in [-0.15, -0.1) is 0 Å². The zero-order chi connectivity index (χ0) is 25.1. The van der Waals surface area contributed by atoms with Gasteiger partial charge in [-0.25, -0.2) is 0 Å². The van der Waals surface area contributed by atoms with Crippen molar-refractivity contribution >= 4 is 47.7 Å². The Morgan fingerprint density at radius 3 is 2.15 bits per heavy atom. The van der Waals surface area contributed by atoms with Crippen molar-refractivity contribution in [2.24, 2.45) is 0 Å². The van der Waals surface area contributed by atoms with Gasteiger partial charge in [-0.3, -0.25) is 9.78 Å². The van der Waals surface area contributed by atoms with Crippen LogP contribution < -0.4 is 5.32 Å². The highest BCUT2D eigenvalue weighted by molar-refractivity contribution is 6.87. The van der Waals surface area contributed by atoms with E-state index < -0.39 is 25.2 Å². The first-order chi connectivity index (χ1) is 15.8. The largest absolute Gasteiger partial charge is 0.437 e. The molecular formula is C26H38N2O3Si3. The number of carbonyl (C=O) groups is 1. The molecule has 0 saturated carbocycles. The number of nitrogens with zero attached hydrogens (tertiary/aromatic N) is 1. The fraction of sp³-hybridized carbons (Fsp3) is 0.385. The third kappa shape index (κ3) is 7.19. The van der Waals surface area contributed by atoms with Gasteiger partial charge >= 0.3 is 8.56 Å². The molecule has 3 rings (SSSR count). The van der Waals surface area contributed by atoms with Crippen LogP contribution in [0.3, 0.4) is 0 Å². The molecule has 0 saturated heterocycles. The van der Waals surface area contributed by atoms with Crippen molar-refractivity contribution in [3.8, 4) is 0 Å². The summed E-state index contributed by atoms with van der Waals surface area (Å²) in [7, 11) is -5.97. The van der Waals surface area contributed by atoms with Gasteiger partial charge in [0.25, 0.3) is 5.91 Å². The van der Waals surface area contributed by atoms with Crippen molar-refractivity contribution < 1.29 is 13.0 Å². The van der Waals surface area contributed by atoms with E-state index in [4.69, 9.17) is 8.23 Å². The van der Waals surface area contributed by atoms with Crippen LogP contribution in [0.4, 0.5) is 5.69 Å². The highest BCUT2D eigenvalue weighted by Gasteiger charge is 2.40. The molecule has 0 fully saturated rings.